The minimum Gasteiger partial charge on any atom is -0.373 e. The summed E-state index contributed by atoms with van der Waals surface area (Å²) in [6.45, 7) is 5.91. The fourth-order valence-corrected chi connectivity index (χ4v) is 5.82. The Morgan fingerprint density at radius 2 is 1.26 bits per heavy atom. The molecule has 1 saturated carbocycles. The molecule has 2 atom stereocenters. The smallest absolute Gasteiger partial charge is 0.106 e. The highest BCUT2D eigenvalue weighted by atomic mass is 16.6. The molecule has 2 aromatic rings. The van der Waals surface area contributed by atoms with Crippen LogP contribution in [0.3, 0.4) is 0 Å². The fraction of sp³-hybridized carbons (Fsp3) is 0.625. The fourth-order valence-electron chi connectivity index (χ4n) is 5.82. The van der Waals surface area contributed by atoms with Crippen LogP contribution in [0.25, 0.3) is 11.1 Å². The van der Waals surface area contributed by atoms with Crippen molar-refractivity contribution in [2.45, 2.75) is 109 Å². The van der Waals surface area contributed by atoms with Gasteiger partial charge in [-0.2, -0.15) is 0 Å². The average Bonchev–Trinajstić information content (AvgIpc) is 2.91. The molecule has 0 N–H and O–H groups in total. The van der Waals surface area contributed by atoms with Gasteiger partial charge >= 0.3 is 0 Å². The first-order valence-corrected chi connectivity index (χ1v) is 14.2. The Morgan fingerprint density at radius 1 is 0.618 bits per heavy atom. The number of unbranched alkanes of at least 4 members (excludes halogenated alkanes) is 4. The van der Waals surface area contributed by atoms with Gasteiger partial charge in [-0.1, -0.05) is 107 Å². The summed E-state index contributed by atoms with van der Waals surface area (Å²) >= 11 is 0. The molecule has 186 valence electrons. The molecular formula is C32H46O2. The topological polar surface area (TPSA) is 18.5 Å². The van der Waals surface area contributed by atoms with Gasteiger partial charge in [-0.25, -0.2) is 0 Å². The predicted octanol–water partition coefficient (Wildman–Crippen LogP) is 9.24. The molecule has 2 aliphatic rings. The van der Waals surface area contributed by atoms with Crippen molar-refractivity contribution in [3.8, 4) is 11.1 Å². The molecule has 0 unspecified atom stereocenters. The Labute approximate surface area is 208 Å². The van der Waals surface area contributed by atoms with Gasteiger partial charge in [-0.3, -0.25) is 0 Å². The van der Waals surface area contributed by atoms with Crippen LogP contribution in [0.15, 0.2) is 48.5 Å². The highest BCUT2D eigenvalue weighted by Crippen LogP contribution is 2.38. The van der Waals surface area contributed by atoms with Crippen molar-refractivity contribution in [2.75, 3.05) is 13.2 Å². The molecule has 0 spiro atoms. The third-order valence-corrected chi connectivity index (χ3v) is 8.16. The molecule has 2 aromatic carbocycles. The summed E-state index contributed by atoms with van der Waals surface area (Å²) in [7, 11) is 0. The van der Waals surface area contributed by atoms with Crippen LogP contribution in [0.1, 0.15) is 114 Å². The maximum atomic E-state index is 6.12. The van der Waals surface area contributed by atoms with E-state index in [1.807, 2.05) is 0 Å². The minimum atomic E-state index is 0.0658. The van der Waals surface area contributed by atoms with Crippen LogP contribution >= 0.6 is 0 Å². The maximum Gasteiger partial charge on any atom is 0.106 e. The Hall–Kier alpha value is -1.64. The zero-order valence-electron chi connectivity index (χ0n) is 21.6. The summed E-state index contributed by atoms with van der Waals surface area (Å²) in [5.41, 5.74) is 5.35. The molecule has 1 aliphatic carbocycles. The number of rotatable bonds is 11. The second-order valence-electron chi connectivity index (χ2n) is 10.7. The lowest BCUT2D eigenvalue weighted by Crippen LogP contribution is -2.31. The summed E-state index contributed by atoms with van der Waals surface area (Å²) in [6.07, 6.45) is 16.5. The highest BCUT2D eigenvalue weighted by Gasteiger charge is 2.24. The van der Waals surface area contributed by atoms with Gasteiger partial charge in [-0.15, -0.1) is 0 Å². The molecule has 2 fully saturated rings. The number of benzene rings is 2. The van der Waals surface area contributed by atoms with Crippen LogP contribution in [0.5, 0.6) is 0 Å². The van der Waals surface area contributed by atoms with Crippen molar-refractivity contribution in [3.63, 3.8) is 0 Å². The van der Waals surface area contributed by atoms with E-state index < -0.39 is 0 Å². The van der Waals surface area contributed by atoms with Crippen molar-refractivity contribution in [2.24, 2.45) is 5.92 Å². The lowest BCUT2D eigenvalue weighted by atomic mass is 9.77. The Morgan fingerprint density at radius 3 is 1.85 bits per heavy atom. The second-order valence-corrected chi connectivity index (χ2v) is 10.7. The van der Waals surface area contributed by atoms with Crippen molar-refractivity contribution in [1.82, 2.24) is 0 Å². The quantitative estimate of drug-likeness (QED) is 0.310. The standard InChI is InChI=1S/C32H46O2/c1-3-5-7-8-9-25-11-13-26(14-12-25)27-15-17-28(18-16-27)29-19-21-30(22-20-29)32-24-33-31(23-34-32)10-6-4-2/h15-22,25-26,31-32H,3-14,23-24H2,1-2H3/t25?,26?,31-,32-/m1/s1. The minimum absolute atomic E-state index is 0.0658. The molecule has 0 bridgehead atoms. The average molecular weight is 463 g/mol. The summed E-state index contributed by atoms with van der Waals surface area (Å²) in [5, 5.41) is 0. The summed E-state index contributed by atoms with van der Waals surface area (Å²) < 4.78 is 12.2. The van der Waals surface area contributed by atoms with Crippen LogP contribution < -0.4 is 0 Å². The zero-order chi connectivity index (χ0) is 23.6. The lowest BCUT2D eigenvalue weighted by Gasteiger charge is -2.30. The third-order valence-electron chi connectivity index (χ3n) is 8.16. The van der Waals surface area contributed by atoms with E-state index in [1.54, 1.807) is 0 Å². The third kappa shape index (κ3) is 7.18. The first-order chi connectivity index (χ1) is 16.8. The normalized spacial score (nSPS) is 25.4. The first-order valence-electron chi connectivity index (χ1n) is 14.2. The monoisotopic (exact) mass is 462 g/mol. The molecule has 2 heteroatoms. The van der Waals surface area contributed by atoms with E-state index in [2.05, 4.69) is 62.4 Å². The SMILES string of the molecule is CCCCCCC1CCC(c2ccc(-c3ccc([C@H]4CO[C@H](CCCC)CO4)cc3)cc2)CC1. The maximum absolute atomic E-state index is 6.12. The molecule has 1 aliphatic heterocycles. The molecule has 2 nitrogen and oxygen atoms in total. The number of hydrogen-bond acceptors (Lipinski definition) is 2. The van der Waals surface area contributed by atoms with Crippen molar-refractivity contribution in [1.29, 1.82) is 0 Å². The second kappa shape index (κ2) is 13.4. The van der Waals surface area contributed by atoms with Crippen molar-refractivity contribution >= 4 is 0 Å². The molecule has 1 heterocycles. The van der Waals surface area contributed by atoms with Crippen molar-refractivity contribution < 1.29 is 9.47 Å². The molecule has 0 aromatic heterocycles. The van der Waals surface area contributed by atoms with E-state index >= 15 is 0 Å². The molecule has 34 heavy (non-hydrogen) atoms. The van der Waals surface area contributed by atoms with Gasteiger partial charge in [0.25, 0.3) is 0 Å². The molecule has 4 rings (SSSR count). The lowest BCUT2D eigenvalue weighted by molar-refractivity contribution is -0.137. The van der Waals surface area contributed by atoms with Gasteiger partial charge in [0, 0.05) is 0 Å². The number of ether oxygens (including phenoxy) is 2. The van der Waals surface area contributed by atoms with E-state index in [1.165, 1.54) is 92.9 Å². The largest absolute Gasteiger partial charge is 0.373 e. The van der Waals surface area contributed by atoms with Gasteiger partial charge in [0.2, 0.25) is 0 Å². The van der Waals surface area contributed by atoms with Gasteiger partial charge in [0.05, 0.1) is 19.3 Å². The molecule has 1 saturated heterocycles. The summed E-state index contributed by atoms with van der Waals surface area (Å²) in [4.78, 5) is 0. The Balaban J connectivity index is 1.25. The highest BCUT2D eigenvalue weighted by molar-refractivity contribution is 5.64. The van der Waals surface area contributed by atoms with E-state index in [4.69, 9.17) is 9.47 Å². The van der Waals surface area contributed by atoms with Crippen LogP contribution in [-0.4, -0.2) is 19.3 Å². The van der Waals surface area contributed by atoms with E-state index in [0.717, 1.165) is 18.3 Å². The Bertz CT molecular complexity index is 809. The van der Waals surface area contributed by atoms with Crippen LogP contribution in [-0.2, 0) is 9.47 Å². The van der Waals surface area contributed by atoms with Crippen LogP contribution in [0.4, 0.5) is 0 Å². The van der Waals surface area contributed by atoms with Gasteiger partial charge in [0.1, 0.15) is 6.10 Å². The molecule has 0 amide bonds. The van der Waals surface area contributed by atoms with Gasteiger partial charge in [-0.05, 0) is 66.2 Å². The van der Waals surface area contributed by atoms with Gasteiger partial charge in [0.15, 0.2) is 0 Å². The van der Waals surface area contributed by atoms with Crippen LogP contribution in [0.2, 0.25) is 0 Å². The number of hydrogen-bond donors (Lipinski definition) is 0. The van der Waals surface area contributed by atoms with Crippen molar-refractivity contribution in [3.05, 3.63) is 59.7 Å². The van der Waals surface area contributed by atoms with E-state index in [9.17, 15) is 0 Å². The van der Waals surface area contributed by atoms with Crippen LogP contribution in [0, 0.1) is 5.92 Å². The first kappa shape index (κ1) is 25.5. The Kier molecular flexibility index (Phi) is 10.1. The van der Waals surface area contributed by atoms with E-state index in [-0.39, 0.29) is 12.2 Å². The molecule has 0 radical (unpaired) electrons. The van der Waals surface area contributed by atoms with Gasteiger partial charge < -0.3 is 9.47 Å². The summed E-state index contributed by atoms with van der Waals surface area (Å²) in [6, 6.07) is 18.3. The zero-order valence-corrected chi connectivity index (χ0v) is 21.6. The predicted molar refractivity (Wildman–Crippen MR) is 143 cm³/mol. The molecular weight excluding hydrogens is 416 g/mol. The van der Waals surface area contributed by atoms with E-state index in [0.29, 0.717) is 13.2 Å². The summed E-state index contributed by atoms with van der Waals surface area (Å²) in [5.74, 6) is 1.74.